The highest BCUT2D eigenvalue weighted by Gasteiger charge is 2.21. The van der Waals surface area contributed by atoms with Gasteiger partial charge in [0.2, 0.25) is 5.91 Å². The molecule has 0 fully saturated rings. The fourth-order valence-corrected chi connectivity index (χ4v) is 2.73. The number of carbonyl (C=O) groups excluding carboxylic acids is 1. The molecule has 0 spiro atoms. The fourth-order valence-electron chi connectivity index (χ4n) is 2.73. The van der Waals surface area contributed by atoms with Crippen molar-refractivity contribution in [2.75, 3.05) is 11.4 Å². The van der Waals surface area contributed by atoms with Crippen LogP contribution in [0, 0.1) is 0 Å². The maximum atomic E-state index is 12.4. The number of nitrogens with zero attached hydrogens (tertiary/aromatic N) is 2. The Balaban J connectivity index is 1.69. The quantitative estimate of drug-likeness (QED) is 0.855. The van der Waals surface area contributed by atoms with Crippen LogP contribution in [0.25, 0.3) is 0 Å². The van der Waals surface area contributed by atoms with Crippen LogP contribution in [-0.2, 0) is 17.6 Å². The van der Waals surface area contributed by atoms with E-state index in [2.05, 4.69) is 17.1 Å². The molecule has 3 heteroatoms. The van der Waals surface area contributed by atoms with E-state index in [-0.39, 0.29) is 5.91 Å². The Labute approximate surface area is 119 Å². The second-order valence-electron chi connectivity index (χ2n) is 5.13. The molecule has 1 aromatic heterocycles. The monoisotopic (exact) mass is 266 g/mol. The standard InChI is InChI=1S/C17H18N2O/c20-17(8-7-14-9-11-18-12-10-14)19-13-3-5-15-4-1-2-6-16(15)19/h1-2,4,6,9-12H,3,5,7-8,13H2. The van der Waals surface area contributed by atoms with Gasteiger partial charge in [0.05, 0.1) is 0 Å². The van der Waals surface area contributed by atoms with Crippen LogP contribution in [0.5, 0.6) is 0 Å². The van der Waals surface area contributed by atoms with Gasteiger partial charge in [-0.3, -0.25) is 9.78 Å². The predicted molar refractivity (Wildman–Crippen MR) is 79.7 cm³/mol. The molecule has 3 nitrogen and oxygen atoms in total. The van der Waals surface area contributed by atoms with Crippen molar-refractivity contribution in [3.05, 3.63) is 59.9 Å². The van der Waals surface area contributed by atoms with E-state index in [1.165, 1.54) is 11.1 Å². The second-order valence-corrected chi connectivity index (χ2v) is 5.13. The van der Waals surface area contributed by atoms with Gasteiger partial charge >= 0.3 is 0 Å². The smallest absolute Gasteiger partial charge is 0.227 e. The first-order chi connectivity index (χ1) is 9.84. The number of carbonyl (C=O) groups is 1. The number of hydrogen-bond donors (Lipinski definition) is 0. The first-order valence-electron chi connectivity index (χ1n) is 7.12. The molecule has 1 aliphatic heterocycles. The molecule has 20 heavy (non-hydrogen) atoms. The third-order valence-corrected chi connectivity index (χ3v) is 3.79. The lowest BCUT2D eigenvalue weighted by molar-refractivity contribution is -0.118. The SMILES string of the molecule is O=C(CCc1ccncc1)N1CCCc2ccccc21. The highest BCUT2D eigenvalue weighted by atomic mass is 16.2. The average Bonchev–Trinajstić information content (AvgIpc) is 2.53. The molecule has 1 aromatic carbocycles. The van der Waals surface area contributed by atoms with E-state index < -0.39 is 0 Å². The van der Waals surface area contributed by atoms with Crippen LogP contribution in [0.15, 0.2) is 48.8 Å². The zero-order valence-electron chi connectivity index (χ0n) is 11.5. The maximum absolute atomic E-state index is 12.4. The summed E-state index contributed by atoms with van der Waals surface area (Å²) in [6.07, 6.45) is 7.01. The van der Waals surface area contributed by atoms with Crippen LogP contribution in [0.3, 0.4) is 0 Å². The first-order valence-corrected chi connectivity index (χ1v) is 7.12. The fraction of sp³-hybridized carbons (Fsp3) is 0.294. The molecule has 3 rings (SSSR count). The van der Waals surface area contributed by atoms with Crippen LogP contribution in [0.4, 0.5) is 5.69 Å². The number of rotatable bonds is 3. The molecule has 0 radical (unpaired) electrons. The number of anilines is 1. The molecule has 1 aliphatic rings. The number of hydrogen-bond acceptors (Lipinski definition) is 2. The van der Waals surface area contributed by atoms with E-state index in [1.54, 1.807) is 12.4 Å². The lowest BCUT2D eigenvalue weighted by Crippen LogP contribution is -2.35. The van der Waals surface area contributed by atoms with E-state index in [0.29, 0.717) is 6.42 Å². The van der Waals surface area contributed by atoms with Gasteiger partial charge in [-0.05, 0) is 48.6 Å². The van der Waals surface area contributed by atoms with Gasteiger partial charge in [0.1, 0.15) is 0 Å². The molecule has 0 saturated carbocycles. The Morgan fingerprint density at radius 1 is 1.15 bits per heavy atom. The van der Waals surface area contributed by atoms with E-state index in [9.17, 15) is 4.79 Å². The summed E-state index contributed by atoms with van der Waals surface area (Å²) in [6.45, 7) is 0.839. The van der Waals surface area contributed by atoms with Crippen LogP contribution in [0.2, 0.25) is 0 Å². The number of benzene rings is 1. The zero-order valence-corrected chi connectivity index (χ0v) is 11.5. The lowest BCUT2D eigenvalue weighted by Gasteiger charge is -2.29. The highest BCUT2D eigenvalue weighted by molar-refractivity contribution is 5.94. The van der Waals surface area contributed by atoms with E-state index >= 15 is 0 Å². The summed E-state index contributed by atoms with van der Waals surface area (Å²) >= 11 is 0. The number of pyridine rings is 1. The third kappa shape index (κ3) is 2.72. The first kappa shape index (κ1) is 12.9. The molecule has 0 bridgehead atoms. The minimum absolute atomic E-state index is 0.217. The minimum Gasteiger partial charge on any atom is -0.312 e. The summed E-state index contributed by atoms with van der Waals surface area (Å²) in [5, 5.41) is 0. The van der Waals surface area contributed by atoms with Crippen molar-refractivity contribution in [1.29, 1.82) is 0 Å². The molecule has 2 aromatic rings. The molecule has 1 amide bonds. The molecule has 0 atom stereocenters. The largest absolute Gasteiger partial charge is 0.312 e. The number of para-hydroxylation sites is 1. The molecular weight excluding hydrogens is 248 g/mol. The number of aryl methyl sites for hydroxylation is 2. The van der Waals surface area contributed by atoms with Gasteiger partial charge in [-0.1, -0.05) is 18.2 Å². The van der Waals surface area contributed by atoms with Crippen molar-refractivity contribution >= 4 is 11.6 Å². The summed E-state index contributed by atoms with van der Waals surface area (Å²) in [5.74, 6) is 0.217. The Hall–Kier alpha value is -2.16. The van der Waals surface area contributed by atoms with Crippen LogP contribution < -0.4 is 4.90 Å². The van der Waals surface area contributed by atoms with Crippen molar-refractivity contribution in [1.82, 2.24) is 4.98 Å². The van der Waals surface area contributed by atoms with Gasteiger partial charge in [0, 0.05) is 31.0 Å². The van der Waals surface area contributed by atoms with Crippen molar-refractivity contribution < 1.29 is 4.79 Å². The molecule has 102 valence electrons. The summed E-state index contributed by atoms with van der Waals surface area (Å²) in [4.78, 5) is 18.4. The lowest BCUT2D eigenvalue weighted by atomic mass is 10.0. The summed E-state index contributed by atoms with van der Waals surface area (Å²) < 4.78 is 0. The second kappa shape index (κ2) is 5.87. The molecule has 0 aliphatic carbocycles. The van der Waals surface area contributed by atoms with Crippen LogP contribution >= 0.6 is 0 Å². The molecule has 0 N–H and O–H groups in total. The highest BCUT2D eigenvalue weighted by Crippen LogP contribution is 2.27. The van der Waals surface area contributed by atoms with Crippen LogP contribution in [0.1, 0.15) is 24.0 Å². The Morgan fingerprint density at radius 3 is 2.80 bits per heavy atom. The number of aromatic nitrogens is 1. The van der Waals surface area contributed by atoms with Gasteiger partial charge in [-0.25, -0.2) is 0 Å². The van der Waals surface area contributed by atoms with Crippen LogP contribution in [-0.4, -0.2) is 17.4 Å². The van der Waals surface area contributed by atoms with Gasteiger partial charge in [0.15, 0.2) is 0 Å². The van der Waals surface area contributed by atoms with Gasteiger partial charge in [-0.2, -0.15) is 0 Å². The normalized spacial score (nSPS) is 13.9. The molecule has 0 saturated heterocycles. The Kier molecular flexibility index (Phi) is 3.77. The minimum atomic E-state index is 0.217. The van der Waals surface area contributed by atoms with Gasteiger partial charge in [0.25, 0.3) is 0 Å². The van der Waals surface area contributed by atoms with Gasteiger partial charge in [-0.15, -0.1) is 0 Å². The van der Waals surface area contributed by atoms with Crippen molar-refractivity contribution in [2.24, 2.45) is 0 Å². The van der Waals surface area contributed by atoms with Gasteiger partial charge < -0.3 is 4.90 Å². The van der Waals surface area contributed by atoms with Crippen molar-refractivity contribution in [3.63, 3.8) is 0 Å². The van der Waals surface area contributed by atoms with E-state index in [4.69, 9.17) is 0 Å². The van der Waals surface area contributed by atoms with Crippen molar-refractivity contribution in [3.8, 4) is 0 Å². The number of fused-ring (bicyclic) bond motifs is 1. The number of amides is 1. The average molecular weight is 266 g/mol. The summed E-state index contributed by atoms with van der Waals surface area (Å²) in [7, 11) is 0. The zero-order chi connectivity index (χ0) is 13.8. The van der Waals surface area contributed by atoms with E-state index in [0.717, 1.165) is 31.5 Å². The summed E-state index contributed by atoms with van der Waals surface area (Å²) in [6, 6.07) is 12.2. The topological polar surface area (TPSA) is 33.2 Å². The summed E-state index contributed by atoms with van der Waals surface area (Å²) in [5.41, 5.74) is 3.55. The maximum Gasteiger partial charge on any atom is 0.227 e. The predicted octanol–water partition coefficient (Wildman–Crippen LogP) is 2.99. The Bertz CT molecular complexity index is 595. The Morgan fingerprint density at radius 2 is 1.95 bits per heavy atom. The third-order valence-electron chi connectivity index (χ3n) is 3.79. The van der Waals surface area contributed by atoms with Crippen molar-refractivity contribution in [2.45, 2.75) is 25.7 Å². The van der Waals surface area contributed by atoms with E-state index in [1.807, 2.05) is 29.2 Å². The molecule has 2 heterocycles. The molecular formula is C17H18N2O. The molecule has 0 unspecified atom stereocenters.